The molecule has 1 heterocycles. The number of carbonyl (C=O) groups excluding carboxylic acids is 1. The number of amides is 1. The first kappa shape index (κ1) is 14.0. The Morgan fingerprint density at radius 3 is 2.47 bits per heavy atom. The minimum atomic E-state index is -0.0411. The molecule has 0 unspecified atom stereocenters. The second-order valence-electron chi connectivity index (χ2n) is 5.40. The lowest BCUT2D eigenvalue weighted by Gasteiger charge is -2.34. The van der Waals surface area contributed by atoms with E-state index in [0.29, 0.717) is 0 Å². The number of ether oxygens (including phenoxy) is 1. The second-order valence-corrected chi connectivity index (χ2v) is 5.40. The van der Waals surface area contributed by atoms with E-state index in [4.69, 9.17) is 4.74 Å². The lowest BCUT2D eigenvalue weighted by Crippen LogP contribution is -2.46. The monoisotopic (exact) mass is 262 g/mol. The molecular weight excluding hydrogens is 240 g/mol. The fourth-order valence-electron chi connectivity index (χ4n) is 2.22. The van der Waals surface area contributed by atoms with Crippen LogP contribution in [0.25, 0.3) is 0 Å². The molecule has 0 bridgehead atoms. The lowest BCUT2D eigenvalue weighted by atomic mass is 9.92. The van der Waals surface area contributed by atoms with Gasteiger partial charge in [0.25, 0.3) is 0 Å². The molecule has 2 rings (SSSR count). The fraction of sp³-hybridized carbons (Fsp3) is 0.533. The summed E-state index contributed by atoms with van der Waals surface area (Å²) >= 11 is 0. The van der Waals surface area contributed by atoms with Gasteiger partial charge < -0.3 is 15.4 Å². The van der Waals surface area contributed by atoms with Crippen molar-refractivity contribution >= 4 is 11.6 Å². The molecule has 1 aliphatic rings. The zero-order chi connectivity index (χ0) is 13.7. The van der Waals surface area contributed by atoms with E-state index in [2.05, 4.69) is 17.6 Å². The van der Waals surface area contributed by atoms with Gasteiger partial charge in [0, 0.05) is 37.9 Å². The SMILES string of the molecule is CC(=O)Nc1ccc(CNC2(C)CCOCC2)cc1. The number of anilines is 1. The van der Waals surface area contributed by atoms with Gasteiger partial charge in [-0.1, -0.05) is 12.1 Å². The van der Waals surface area contributed by atoms with Crippen LogP contribution < -0.4 is 10.6 Å². The zero-order valence-electron chi connectivity index (χ0n) is 11.7. The number of rotatable bonds is 4. The molecule has 1 aliphatic heterocycles. The Morgan fingerprint density at radius 1 is 1.26 bits per heavy atom. The van der Waals surface area contributed by atoms with E-state index in [1.807, 2.05) is 24.3 Å². The van der Waals surface area contributed by atoms with E-state index >= 15 is 0 Å². The van der Waals surface area contributed by atoms with Gasteiger partial charge in [-0.2, -0.15) is 0 Å². The van der Waals surface area contributed by atoms with Gasteiger partial charge in [-0.15, -0.1) is 0 Å². The summed E-state index contributed by atoms with van der Waals surface area (Å²) in [5.74, 6) is -0.0411. The number of nitrogens with one attached hydrogen (secondary N) is 2. The Morgan fingerprint density at radius 2 is 1.89 bits per heavy atom. The number of hydrogen-bond donors (Lipinski definition) is 2. The molecule has 1 saturated heterocycles. The molecule has 1 aromatic carbocycles. The summed E-state index contributed by atoms with van der Waals surface area (Å²) in [5.41, 5.74) is 2.24. The second kappa shape index (κ2) is 6.17. The average molecular weight is 262 g/mol. The van der Waals surface area contributed by atoms with Gasteiger partial charge in [-0.05, 0) is 37.5 Å². The van der Waals surface area contributed by atoms with Crippen LogP contribution in [0.1, 0.15) is 32.3 Å². The summed E-state index contributed by atoms with van der Waals surface area (Å²) in [6.45, 7) is 6.29. The van der Waals surface area contributed by atoms with Crippen LogP contribution in [0.3, 0.4) is 0 Å². The van der Waals surface area contributed by atoms with E-state index in [-0.39, 0.29) is 11.4 Å². The van der Waals surface area contributed by atoms with E-state index in [1.54, 1.807) is 0 Å². The van der Waals surface area contributed by atoms with Crippen LogP contribution in [0.5, 0.6) is 0 Å². The lowest BCUT2D eigenvalue weighted by molar-refractivity contribution is -0.114. The molecule has 0 saturated carbocycles. The van der Waals surface area contributed by atoms with Gasteiger partial charge in [0.15, 0.2) is 0 Å². The van der Waals surface area contributed by atoms with Crippen molar-refractivity contribution in [2.45, 2.75) is 38.8 Å². The highest BCUT2D eigenvalue weighted by Gasteiger charge is 2.26. The van der Waals surface area contributed by atoms with Gasteiger partial charge >= 0.3 is 0 Å². The Hall–Kier alpha value is -1.39. The van der Waals surface area contributed by atoms with Crippen molar-refractivity contribution in [3.8, 4) is 0 Å². The number of hydrogen-bond acceptors (Lipinski definition) is 3. The first-order valence-corrected chi connectivity index (χ1v) is 6.77. The Balaban J connectivity index is 1.87. The number of carbonyl (C=O) groups is 1. The van der Waals surface area contributed by atoms with Gasteiger partial charge in [-0.25, -0.2) is 0 Å². The third kappa shape index (κ3) is 4.33. The third-order valence-electron chi connectivity index (χ3n) is 3.59. The molecule has 0 aliphatic carbocycles. The minimum absolute atomic E-state index is 0.0411. The van der Waals surface area contributed by atoms with Crippen molar-refractivity contribution in [2.75, 3.05) is 18.5 Å². The predicted molar refractivity (Wildman–Crippen MR) is 76.0 cm³/mol. The highest BCUT2D eigenvalue weighted by Crippen LogP contribution is 2.20. The maximum Gasteiger partial charge on any atom is 0.221 e. The van der Waals surface area contributed by atoms with Crippen molar-refractivity contribution in [1.82, 2.24) is 5.32 Å². The zero-order valence-corrected chi connectivity index (χ0v) is 11.7. The number of benzene rings is 1. The van der Waals surface area contributed by atoms with Crippen LogP contribution in [0.2, 0.25) is 0 Å². The Bertz CT molecular complexity index is 422. The molecule has 2 N–H and O–H groups in total. The van der Waals surface area contributed by atoms with E-state index in [0.717, 1.165) is 38.3 Å². The largest absolute Gasteiger partial charge is 0.381 e. The normalized spacial score (nSPS) is 18.0. The molecule has 4 heteroatoms. The highest BCUT2D eigenvalue weighted by atomic mass is 16.5. The minimum Gasteiger partial charge on any atom is -0.381 e. The first-order valence-electron chi connectivity index (χ1n) is 6.77. The molecule has 104 valence electrons. The molecule has 19 heavy (non-hydrogen) atoms. The fourth-order valence-corrected chi connectivity index (χ4v) is 2.22. The van der Waals surface area contributed by atoms with Crippen molar-refractivity contribution in [3.05, 3.63) is 29.8 Å². The van der Waals surface area contributed by atoms with Crippen LogP contribution in [0.15, 0.2) is 24.3 Å². The maximum absolute atomic E-state index is 10.9. The van der Waals surface area contributed by atoms with Gasteiger partial charge in [0.1, 0.15) is 0 Å². The topological polar surface area (TPSA) is 50.4 Å². The maximum atomic E-state index is 10.9. The standard InChI is InChI=1S/C15H22N2O2/c1-12(18)17-14-5-3-13(4-6-14)11-16-15(2)7-9-19-10-8-15/h3-6,16H,7-11H2,1-2H3,(H,17,18). The summed E-state index contributed by atoms with van der Waals surface area (Å²) in [4.78, 5) is 10.9. The van der Waals surface area contributed by atoms with Crippen molar-refractivity contribution < 1.29 is 9.53 Å². The summed E-state index contributed by atoms with van der Waals surface area (Å²) in [6, 6.07) is 7.96. The molecule has 1 amide bonds. The molecule has 1 aromatic rings. The summed E-state index contributed by atoms with van der Waals surface area (Å²) in [7, 11) is 0. The first-order chi connectivity index (χ1) is 9.07. The average Bonchev–Trinajstić information content (AvgIpc) is 2.38. The van der Waals surface area contributed by atoms with Crippen LogP contribution in [0, 0.1) is 0 Å². The van der Waals surface area contributed by atoms with Crippen molar-refractivity contribution in [1.29, 1.82) is 0 Å². The van der Waals surface area contributed by atoms with Crippen LogP contribution in [0.4, 0.5) is 5.69 Å². The van der Waals surface area contributed by atoms with Gasteiger partial charge in [-0.3, -0.25) is 4.79 Å². The molecule has 1 fully saturated rings. The van der Waals surface area contributed by atoms with Gasteiger partial charge in [0.05, 0.1) is 0 Å². The summed E-state index contributed by atoms with van der Waals surface area (Å²) < 4.78 is 5.39. The molecule has 4 nitrogen and oxygen atoms in total. The predicted octanol–water partition coefficient (Wildman–Crippen LogP) is 2.30. The van der Waals surface area contributed by atoms with Crippen LogP contribution in [-0.2, 0) is 16.1 Å². The van der Waals surface area contributed by atoms with Crippen molar-refractivity contribution in [2.24, 2.45) is 0 Å². The van der Waals surface area contributed by atoms with Crippen LogP contribution >= 0.6 is 0 Å². The summed E-state index contributed by atoms with van der Waals surface area (Å²) in [5, 5.41) is 6.38. The molecule has 0 radical (unpaired) electrons. The Labute approximate surface area is 114 Å². The Kier molecular flexibility index (Phi) is 4.56. The highest BCUT2D eigenvalue weighted by molar-refractivity contribution is 5.88. The molecule has 0 atom stereocenters. The van der Waals surface area contributed by atoms with E-state index in [9.17, 15) is 4.79 Å². The summed E-state index contributed by atoms with van der Waals surface area (Å²) in [6.07, 6.45) is 2.11. The van der Waals surface area contributed by atoms with E-state index < -0.39 is 0 Å². The quantitative estimate of drug-likeness (QED) is 0.875. The van der Waals surface area contributed by atoms with Crippen molar-refractivity contribution in [3.63, 3.8) is 0 Å². The third-order valence-corrected chi connectivity index (χ3v) is 3.59. The molecule has 0 spiro atoms. The molecule has 0 aromatic heterocycles. The van der Waals surface area contributed by atoms with Gasteiger partial charge in [0.2, 0.25) is 5.91 Å². The van der Waals surface area contributed by atoms with E-state index in [1.165, 1.54) is 12.5 Å². The van der Waals surface area contributed by atoms with Crippen LogP contribution in [-0.4, -0.2) is 24.7 Å². The molecular formula is C15H22N2O2. The smallest absolute Gasteiger partial charge is 0.221 e.